The van der Waals surface area contributed by atoms with Crippen LogP contribution >= 0.6 is 0 Å². The second-order valence-electron chi connectivity index (χ2n) is 6.67. The molecule has 6 nitrogen and oxygen atoms in total. The summed E-state index contributed by atoms with van der Waals surface area (Å²) in [5.41, 5.74) is 2.23. The van der Waals surface area contributed by atoms with Gasteiger partial charge in [-0.1, -0.05) is 49.4 Å². The Morgan fingerprint density at radius 3 is 2.52 bits per heavy atom. The van der Waals surface area contributed by atoms with Gasteiger partial charge in [-0.2, -0.15) is 0 Å². The van der Waals surface area contributed by atoms with Crippen molar-refractivity contribution < 1.29 is 4.39 Å². The summed E-state index contributed by atoms with van der Waals surface area (Å²) < 4.78 is 15.1. The Labute approximate surface area is 170 Å². The molecule has 0 fully saturated rings. The van der Waals surface area contributed by atoms with Crippen molar-refractivity contribution in [1.29, 1.82) is 0 Å². The molecular formula is C22H27FN6. The third kappa shape index (κ3) is 6.71. The summed E-state index contributed by atoms with van der Waals surface area (Å²) in [4.78, 5) is 4.65. The van der Waals surface area contributed by atoms with E-state index in [1.807, 2.05) is 22.8 Å². The van der Waals surface area contributed by atoms with Crippen LogP contribution in [0.2, 0.25) is 0 Å². The molecule has 0 atom stereocenters. The van der Waals surface area contributed by atoms with E-state index < -0.39 is 0 Å². The summed E-state index contributed by atoms with van der Waals surface area (Å²) in [5.74, 6) is 1.46. The van der Waals surface area contributed by atoms with Gasteiger partial charge < -0.3 is 15.2 Å². The van der Waals surface area contributed by atoms with Gasteiger partial charge in [0, 0.05) is 26.1 Å². The van der Waals surface area contributed by atoms with Gasteiger partial charge in [0.1, 0.15) is 18.0 Å². The summed E-state index contributed by atoms with van der Waals surface area (Å²) in [6.45, 7) is 4.77. The smallest absolute Gasteiger partial charge is 0.191 e. The fourth-order valence-electron chi connectivity index (χ4n) is 2.94. The zero-order valence-electron chi connectivity index (χ0n) is 16.7. The Kier molecular flexibility index (Phi) is 7.74. The van der Waals surface area contributed by atoms with Gasteiger partial charge >= 0.3 is 0 Å². The van der Waals surface area contributed by atoms with Crippen molar-refractivity contribution in [3.8, 4) is 0 Å². The number of hydrogen-bond donors (Lipinski definition) is 2. The molecule has 2 N–H and O–H groups in total. The first-order valence-corrected chi connectivity index (χ1v) is 9.92. The number of nitrogens with zero attached hydrogens (tertiary/aromatic N) is 4. The predicted octanol–water partition coefficient (Wildman–Crippen LogP) is 2.96. The maximum absolute atomic E-state index is 13.1. The lowest BCUT2D eigenvalue weighted by molar-refractivity contribution is 0.626. The molecule has 0 bridgehead atoms. The second-order valence-corrected chi connectivity index (χ2v) is 6.67. The molecule has 1 aromatic heterocycles. The first-order valence-electron chi connectivity index (χ1n) is 9.92. The molecule has 0 saturated heterocycles. The predicted molar refractivity (Wildman–Crippen MR) is 113 cm³/mol. The number of rotatable bonds is 9. The van der Waals surface area contributed by atoms with E-state index in [4.69, 9.17) is 0 Å². The SMILES string of the molecule is CCc1nncn1CCNC(=NCc1ccc(F)cc1)NCCc1ccccc1. The molecule has 3 rings (SSSR count). The van der Waals surface area contributed by atoms with E-state index in [-0.39, 0.29) is 5.82 Å². The van der Waals surface area contributed by atoms with Crippen molar-refractivity contribution >= 4 is 5.96 Å². The molecule has 0 unspecified atom stereocenters. The Morgan fingerprint density at radius 2 is 1.76 bits per heavy atom. The van der Waals surface area contributed by atoms with Crippen LogP contribution < -0.4 is 10.6 Å². The standard InChI is InChI=1S/C22H27FN6/c1-2-21-28-27-17-29(21)15-14-25-22(24-13-12-18-6-4-3-5-7-18)26-16-19-8-10-20(23)11-9-19/h3-11,17H,2,12-16H2,1H3,(H2,24,25,26). The Morgan fingerprint density at radius 1 is 1.00 bits per heavy atom. The molecular weight excluding hydrogens is 367 g/mol. The Hall–Kier alpha value is -3.22. The average molecular weight is 394 g/mol. The minimum atomic E-state index is -0.238. The van der Waals surface area contributed by atoms with E-state index in [0.29, 0.717) is 13.1 Å². The normalized spacial score (nSPS) is 11.4. The number of nitrogens with one attached hydrogen (secondary N) is 2. The second kappa shape index (κ2) is 10.9. The molecule has 0 aliphatic rings. The Bertz CT molecular complexity index is 889. The van der Waals surface area contributed by atoms with Gasteiger partial charge in [0.15, 0.2) is 5.96 Å². The molecule has 7 heteroatoms. The fourth-order valence-corrected chi connectivity index (χ4v) is 2.94. The van der Waals surface area contributed by atoms with Crippen LogP contribution in [0.4, 0.5) is 4.39 Å². The molecule has 1 heterocycles. The number of hydrogen-bond acceptors (Lipinski definition) is 3. The molecule has 0 aliphatic heterocycles. The van der Waals surface area contributed by atoms with Crippen LogP contribution in [0.1, 0.15) is 23.9 Å². The van der Waals surface area contributed by atoms with E-state index in [2.05, 4.69) is 44.9 Å². The lowest BCUT2D eigenvalue weighted by Gasteiger charge is -2.13. The van der Waals surface area contributed by atoms with Crippen LogP contribution in [0.25, 0.3) is 0 Å². The number of benzene rings is 2. The van der Waals surface area contributed by atoms with E-state index in [0.717, 1.165) is 43.3 Å². The van der Waals surface area contributed by atoms with Crippen LogP contribution in [-0.2, 0) is 25.9 Å². The van der Waals surface area contributed by atoms with Gasteiger partial charge in [-0.15, -0.1) is 10.2 Å². The van der Waals surface area contributed by atoms with Gasteiger partial charge in [0.05, 0.1) is 6.54 Å². The van der Waals surface area contributed by atoms with Crippen LogP contribution in [0.3, 0.4) is 0 Å². The number of aromatic nitrogens is 3. The van der Waals surface area contributed by atoms with Crippen molar-refractivity contribution in [3.05, 3.63) is 83.7 Å². The first-order chi connectivity index (χ1) is 14.2. The van der Waals surface area contributed by atoms with Gasteiger partial charge in [-0.05, 0) is 29.7 Å². The lowest BCUT2D eigenvalue weighted by atomic mass is 10.1. The van der Waals surface area contributed by atoms with Crippen LogP contribution in [-0.4, -0.2) is 33.8 Å². The maximum Gasteiger partial charge on any atom is 0.191 e. The third-order valence-corrected chi connectivity index (χ3v) is 4.54. The highest BCUT2D eigenvalue weighted by Crippen LogP contribution is 2.04. The number of guanidine groups is 1. The maximum atomic E-state index is 13.1. The topological polar surface area (TPSA) is 67.1 Å². The van der Waals surface area contributed by atoms with Crippen molar-refractivity contribution in [2.75, 3.05) is 13.1 Å². The fraction of sp³-hybridized carbons (Fsp3) is 0.318. The molecule has 0 saturated carbocycles. The highest BCUT2D eigenvalue weighted by Gasteiger charge is 2.03. The van der Waals surface area contributed by atoms with Gasteiger partial charge in [-0.25, -0.2) is 9.38 Å². The molecule has 152 valence electrons. The van der Waals surface area contributed by atoms with Gasteiger partial charge in [0.2, 0.25) is 0 Å². The number of aliphatic imine (C=N–C) groups is 1. The zero-order chi connectivity index (χ0) is 20.3. The van der Waals surface area contributed by atoms with Gasteiger partial charge in [0.25, 0.3) is 0 Å². The van der Waals surface area contributed by atoms with E-state index >= 15 is 0 Å². The highest BCUT2D eigenvalue weighted by atomic mass is 19.1. The molecule has 3 aromatic rings. The summed E-state index contributed by atoms with van der Waals surface area (Å²) in [6.07, 6.45) is 3.50. The van der Waals surface area contributed by atoms with Gasteiger partial charge in [-0.3, -0.25) is 0 Å². The molecule has 0 radical (unpaired) electrons. The summed E-state index contributed by atoms with van der Waals surface area (Å²) in [6, 6.07) is 16.8. The largest absolute Gasteiger partial charge is 0.356 e. The number of halogens is 1. The molecule has 29 heavy (non-hydrogen) atoms. The summed E-state index contributed by atoms with van der Waals surface area (Å²) >= 11 is 0. The quantitative estimate of drug-likeness (QED) is 0.433. The molecule has 0 aliphatic carbocycles. The van der Waals surface area contributed by atoms with Crippen molar-refractivity contribution in [3.63, 3.8) is 0 Å². The van der Waals surface area contributed by atoms with Crippen molar-refractivity contribution in [2.24, 2.45) is 4.99 Å². The number of aryl methyl sites for hydroxylation is 1. The van der Waals surface area contributed by atoms with Crippen LogP contribution in [0.5, 0.6) is 0 Å². The van der Waals surface area contributed by atoms with Crippen molar-refractivity contribution in [2.45, 2.75) is 32.9 Å². The van der Waals surface area contributed by atoms with E-state index in [9.17, 15) is 4.39 Å². The minimum Gasteiger partial charge on any atom is -0.356 e. The van der Waals surface area contributed by atoms with E-state index in [1.54, 1.807) is 18.5 Å². The first kappa shape index (κ1) is 20.5. The van der Waals surface area contributed by atoms with Crippen LogP contribution in [0, 0.1) is 5.82 Å². The monoisotopic (exact) mass is 394 g/mol. The summed E-state index contributed by atoms with van der Waals surface area (Å²) in [7, 11) is 0. The van der Waals surface area contributed by atoms with E-state index in [1.165, 1.54) is 17.7 Å². The average Bonchev–Trinajstić information content (AvgIpc) is 3.21. The lowest BCUT2D eigenvalue weighted by Crippen LogP contribution is -2.40. The molecule has 0 spiro atoms. The highest BCUT2D eigenvalue weighted by molar-refractivity contribution is 5.79. The van der Waals surface area contributed by atoms with Crippen LogP contribution in [0.15, 0.2) is 65.9 Å². The molecule has 2 aromatic carbocycles. The summed E-state index contributed by atoms with van der Waals surface area (Å²) in [5, 5.41) is 14.8. The Balaban J connectivity index is 1.56. The third-order valence-electron chi connectivity index (χ3n) is 4.54. The molecule has 0 amide bonds. The zero-order valence-corrected chi connectivity index (χ0v) is 16.7. The van der Waals surface area contributed by atoms with Crippen molar-refractivity contribution in [1.82, 2.24) is 25.4 Å². The minimum absolute atomic E-state index is 0.238.